The summed E-state index contributed by atoms with van der Waals surface area (Å²) in [6.45, 7) is 0. The summed E-state index contributed by atoms with van der Waals surface area (Å²) in [5, 5.41) is 1.74. The molecule has 0 saturated carbocycles. The molecule has 0 bridgehead atoms. The van der Waals surface area contributed by atoms with Gasteiger partial charge < -0.3 is 5.73 Å². The second-order valence-electron chi connectivity index (χ2n) is 3.01. The molecule has 1 rings (SSSR count). The zero-order valence-electron chi connectivity index (χ0n) is 7.69. The van der Waals surface area contributed by atoms with Crippen molar-refractivity contribution in [3.05, 3.63) is 17.0 Å². The molecule has 0 radical (unpaired) electrons. The average Bonchev–Trinajstić information content (AvgIpc) is 2.47. The second-order valence-corrected chi connectivity index (χ2v) is 6.17. The highest BCUT2D eigenvalue weighted by atomic mass is 32.2. The summed E-state index contributed by atoms with van der Waals surface area (Å²) >= 11 is 1.17. The highest BCUT2D eigenvalue weighted by Crippen LogP contribution is 2.20. The second kappa shape index (κ2) is 4.10. The fourth-order valence-corrected chi connectivity index (χ4v) is 2.83. The number of hydrogen-bond donors (Lipinski definition) is 1. The maximum absolute atomic E-state index is 11.1. The van der Waals surface area contributed by atoms with E-state index in [-0.39, 0.29) is 12.3 Å². The molecular formula is C8H11NO3S2. The van der Waals surface area contributed by atoms with E-state index in [4.69, 9.17) is 5.73 Å². The lowest BCUT2D eigenvalue weighted by Crippen LogP contribution is -2.10. The van der Waals surface area contributed by atoms with Crippen LogP contribution in [0.1, 0.15) is 12.0 Å². The third-order valence-corrected chi connectivity index (χ3v) is 4.47. The minimum absolute atomic E-state index is 0.250. The third-order valence-electron chi connectivity index (χ3n) is 1.66. The van der Waals surface area contributed by atoms with Crippen LogP contribution < -0.4 is 5.73 Å². The number of aryl methyl sites for hydroxylation is 1. The van der Waals surface area contributed by atoms with Crippen molar-refractivity contribution in [3.63, 3.8) is 0 Å². The maximum Gasteiger partial charge on any atom is 0.217 e. The van der Waals surface area contributed by atoms with E-state index in [0.717, 1.165) is 11.8 Å². The standard InChI is InChI=1S/C8H11NO3S2/c1-14(11,12)8-4-6(5-13-8)2-3-7(9)10/h4-5H,2-3H2,1H3,(H2,9,10). The van der Waals surface area contributed by atoms with Gasteiger partial charge in [-0.1, -0.05) is 0 Å². The fourth-order valence-electron chi connectivity index (χ4n) is 0.946. The van der Waals surface area contributed by atoms with Gasteiger partial charge in [-0.2, -0.15) is 0 Å². The van der Waals surface area contributed by atoms with Crippen LogP contribution in [0.5, 0.6) is 0 Å². The molecule has 1 aromatic rings. The lowest BCUT2D eigenvalue weighted by Gasteiger charge is -1.92. The van der Waals surface area contributed by atoms with E-state index >= 15 is 0 Å². The van der Waals surface area contributed by atoms with E-state index in [1.807, 2.05) is 0 Å². The van der Waals surface area contributed by atoms with Crippen LogP contribution in [0.3, 0.4) is 0 Å². The van der Waals surface area contributed by atoms with Crippen molar-refractivity contribution in [2.45, 2.75) is 17.1 Å². The molecule has 0 atom stereocenters. The Labute approximate surface area is 86.7 Å². The molecule has 6 heteroatoms. The molecule has 0 aliphatic rings. The largest absolute Gasteiger partial charge is 0.370 e. The van der Waals surface area contributed by atoms with Gasteiger partial charge in [0, 0.05) is 12.7 Å². The van der Waals surface area contributed by atoms with Crippen molar-refractivity contribution in [2.75, 3.05) is 6.26 Å². The Kier molecular flexibility index (Phi) is 3.28. The van der Waals surface area contributed by atoms with Gasteiger partial charge in [0.1, 0.15) is 4.21 Å². The van der Waals surface area contributed by atoms with Gasteiger partial charge in [0.05, 0.1) is 0 Å². The van der Waals surface area contributed by atoms with E-state index in [2.05, 4.69) is 0 Å². The van der Waals surface area contributed by atoms with E-state index in [1.165, 1.54) is 11.3 Å². The van der Waals surface area contributed by atoms with Crippen molar-refractivity contribution in [1.29, 1.82) is 0 Å². The molecule has 4 nitrogen and oxygen atoms in total. The lowest BCUT2D eigenvalue weighted by atomic mass is 10.2. The highest BCUT2D eigenvalue weighted by Gasteiger charge is 2.10. The average molecular weight is 233 g/mol. The van der Waals surface area contributed by atoms with E-state index < -0.39 is 9.84 Å². The molecule has 0 aliphatic heterocycles. The van der Waals surface area contributed by atoms with E-state index in [1.54, 1.807) is 11.4 Å². The predicted octanol–water partition coefficient (Wildman–Crippen LogP) is 0.570. The van der Waals surface area contributed by atoms with Gasteiger partial charge in [-0.25, -0.2) is 8.42 Å². The van der Waals surface area contributed by atoms with Gasteiger partial charge in [0.25, 0.3) is 0 Å². The zero-order chi connectivity index (χ0) is 10.8. The molecular weight excluding hydrogens is 222 g/mol. The van der Waals surface area contributed by atoms with Crippen LogP contribution in [0.15, 0.2) is 15.7 Å². The van der Waals surface area contributed by atoms with Crippen molar-refractivity contribution < 1.29 is 13.2 Å². The first kappa shape index (κ1) is 11.2. The number of carbonyl (C=O) groups excluding carboxylic acids is 1. The zero-order valence-corrected chi connectivity index (χ0v) is 9.32. The normalized spacial score (nSPS) is 11.5. The minimum Gasteiger partial charge on any atom is -0.370 e. The number of hydrogen-bond acceptors (Lipinski definition) is 4. The molecule has 0 spiro atoms. The molecule has 0 saturated heterocycles. The van der Waals surface area contributed by atoms with Crippen LogP contribution in [0, 0.1) is 0 Å². The predicted molar refractivity (Wildman–Crippen MR) is 54.9 cm³/mol. The summed E-state index contributed by atoms with van der Waals surface area (Å²) in [7, 11) is -3.12. The number of thiophene rings is 1. The first-order valence-electron chi connectivity index (χ1n) is 3.95. The SMILES string of the molecule is CS(=O)(=O)c1cc(CCC(N)=O)cs1. The van der Waals surface area contributed by atoms with Crippen LogP contribution in [0.25, 0.3) is 0 Å². The summed E-state index contributed by atoms with van der Waals surface area (Å²) in [5.74, 6) is -0.378. The third kappa shape index (κ3) is 3.12. The molecule has 0 fully saturated rings. The first-order chi connectivity index (χ1) is 6.39. The maximum atomic E-state index is 11.1. The molecule has 78 valence electrons. The molecule has 1 aromatic heterocycles. The van der Waals surface area contributed by atoms with Crippen molar-refractivity contribution in [3.8, 4) is 0 Å². The fraction of sp³-hybridized carbons (Fsp3) is 0.375. The number of sulfone groups is 1. The molecule has 0 aromatic carbocycles. The van der Waals surface area contributed by atoms with Gasteiger partial charge in [-0.15, -0.1) is 11.3 Å². The number of nitrogens with two attached hydrogens (primary N) is 1. The highest BCUT2D eigenvalue weighted by molar-refractivity contribution is 7.92. The molecule has 1 heterocycles. The van der Waals surface area contributed by atoms with E-state index in [9.17, 15) is 13.2 Å². The van der Waals surface area contributed by atoms with Crippen LogP contribution in [-0.4, -0.2) is 20.6 Å². The Hall–Kier alpha value is -0.880. The summed E-state index contributed by atoms with van der Waals surface area (Å²) in [5.41, 5.74) is 5.82. The Morgan fingerprint density at radius 1 is 1.57 bits per heavy atom. The molecule has 0 unspecified atom stereocenters. The molecule has 1 amide bonds. The number of rotatable bonds is 4. The van der Waals surface area contributed by atoms with Gasteiger partial charge >= 0.3 is 0 Å². The Morgan fingerprint density at radius 3 is 2.64 bits per heavy atom. The van der Waals surface area contributed by atoms with E-state index in [0.29, 0.717) is 10.6 Å². The van der Waals surface area contributed by atoms with Crippen LogP contribution in [0.2, 0.25) is 0 Å². The van der Waals surface area contributed by atoms with Gasteiger partial charge in [0.15, 0.2) is 9.84 Å². The van der Waals surface area contributed by atoms with Crippen molar-refractivity contribution >= 4 is 27.1 Å². The Bertz CT molecular complexity index is 433. The van der Waals surface area contributed by atoms with Crippen LogP contribution in [0.4, 0.5) is 0 Å². The topological polar surface area (TPSA) is 77.2 Å². The quantitative estimate of drug-likeness (QED) is 0.826. The summed E-state index contributed by atoms with van der Waals surface area (Å²) in [6.07, 6.45) is 1.91. The number of primary amides is 1. The van der Waals surface area contributed by atoms with Gasteiger partial charge in [-0.3, -0.25) is 4.79 Å². The summed E-state index contributed by atoms with van der Waals surface area (Å²) < 4.78 is 22.5. The molecule has 14 heavy (non-hydrogen) atoms. The number of amides is 1. The van der Waals surface area contributed by atoms with Gasteiger partial charge in [0.2, 0.25) is 5.91 Å². The smallest absolute Gasteiger partial charge is 0.217 e. The summed E-state index contributed by atoms with van der Waals surface area (Å²) in [6, 6.07) is 1.59. The molecule has 0 aliphatic carbocycles. The Balaban J connectivity index is 2.74. The number of carbonyl (C=O) groups is 1. The summed E-state index contributed by atoms with van der Waals surface area (Å²) in [4.78, 5) is 10.5. The van der Waals surface area contributed by atoms with Gasteiger partial charge in [-0.05, 0) is 23.4 Å². The Morgan fingerprint density at radius 2 is 2.21 bits per heavy atom. The van der Waals surface area contributed by atoms with Crippen molar-refractivity contribution in [1.82, 2.24) is 0 Å². The first-order valence-corrected chi connectivity index (χ1v) is 6.72. The van der Waals surface area contributed by atoms with Crippen LogP contribution >= 0.6 is 11.3 Å². The van der Waals surface area contributed by atoms with Crippen molar-refractivity contribution in [2.24, 2.45) is 5.73 Å². The monoisotopic (exact) mass is 233 g/mol. The lowest BCUT2D eigenvalue weighted by molar-refractivity contribution is -0.117. The molecule has 2 N–H and O–H groups in total. The minimum atomic E-state index is -3.12. The van der Waals surface area contributed by atoms with Crippen LogP contribution in [-0.2, 0) is 21.1 Å².